The third-order valence-electron chi connectivity index (χ3n) is 4.76. The molecule has 4 nitrogen and oxygen atoms in total. The average molecular weight is 388 g/mol. The number of halogens is 1. The third kappa shape index (κ3) is 4.56. The van der Waals surface area contributed by atoms with Crippen molar-refractivity contribution in [2.24, 2.45) is 0 Å². The van der Waals surface area contributed by atoms with Crippen molar-refractivity contribution in [3.8, 4) is 11.5 Å². The van der Waals surface area contributed by atoms with Crippen LogP contribution in [0.4, 0.5) is 0 Å². The molecule has 1 aliphatic heterocycles. The summed E-state index contributed by atoms with van der Waals surface area (Å²) < 4.78 is 12.0. The number of para-hydroxylation sites is 1. The van der Waals surface area contributed by atoms with Gasteiger partial charge in [0.1, 0.15) is 17.1 Å². The second kappa shape index (κ2) is 7.81. The monoisotopic (exact) mass is 387 g/mol. The second-order valence-corrected chi connectivity index (χ2v) is 8.00. The van der Waals surface area contributed by atoms with Gasteiger partial charge in [-0.25, -0.2) is 0 Å². The molecule has 0 aromatic heterocycles. The van der Waals surface area contributed by atoms with Crippen LogP contribution in [0.5, 0.6) is 11.5 Å². The fourth-order valence-corrected chi connectivity index (χ4v) is 3.49. The lowest BCUT2D eigenvalue weighted by molar-refractivity contribution is -0.129. The molecule has 2 atom stereocenters. The highest BCUT2D eigenvalue weighted by molar-refractivity contribution is 6.31. The normalized spacial score (nSPS) is 18.8. The lowest BCUT2D eigenvalue weighted by Crippen LogP contribution is -2.45. The third-order valence-corrected chi connectivity index (χ3v) is 5.19. The smallest absolute Gasteiger partial charge is 0.261 e. The first kappa shape index (κ1) is 19.6. The van der Waals surface area contributed by atoms with Crippen molar-refractivity contribution in [3.05, 3.63) is 58.6 Å². The maximum atomic E-state index is 12.9. The Morgan fingerprint density at radius 2 is 2.07 bits per heavy atom. The Labute approximate surface area is 165 Å². The summed E-state index contributed by atoms with van der Waals surface area (Å²) in [7, 11) is 0. The van der Waals surface area contributed by atoms with Crippen molar-refractivity contribution in [3.63, 3.8) is 0 Å². The molecule has 0 aliphatic carbocycles. The Hall–Kier alpha value is -2.20. The topological polar surface area (TPSA) is 47.6 Å². The highest BCUT2D eigenvalue weighted by Gasteiger charge is 2.35. The number of ether oxygens (including phenoxy) is 2. The van der Waals surface area contributed by atoms with E-state index in [0.717, 1.165) is 16.9 Å². The number of fused-ring (bicyclic) bond motifs is 1. The maximum absolute atomic E-state index is 12.9. The molecule has 2 aromatic carbocycles. The van der Waals surface area contributed by atoms with Crippen molar-refractivity contribution < 1.29 is 14.3 Å². The van der Waals surface area contributed by atoms with Gasteiger partial charge in [-0.2, -0.15) is 0 Å². The van der Waals surface area contributed by atoms with E-state index in [-0.39, 0.29) is 17.6 Å². The SMILES string of the molecule is CCC(Oc1ccc(Cl)c(C)c1)C(=O)NC1CC(C)(C)Oc2ccccc21. The van der Waals surface area contributed by atoms with Crippen molar-refractivity contribution in [2.45, 2.75) is 58.3 Å². The molecule has 0 radical (unpaired) electrons. The standard InChI is InChI=1S/C22H26ClNO3/c1-5-19(26-15-10-11-17(23)14(2)12-15)21(25)24-18-13-22(3,4)27-20-9-7-6-8-16(18)20/h6-12,18-19H,5,13H2,1-4H3,(H,24,25). The lowest BCUT2D eigenvalue weighted by atomic mass is 9.89. The van der Waals surface area contributed by atoms with Crippen LogP contribution in [0.15, 0.2) is 42.5 Å². The van der Waals surface area contributed by atoms with Crippen LogP contribution in [-0.4, -0.2) is 17.6 Å². The molecule has 0 spiro atoms. The zero-order valence-corrected chi connectivity index (χ0v) is 17.0. The van der Waals surface area contributed by atoms with E-state index < -0.39 is 6.10 Å². The van der Waals surface area contributed by atoms with Gasteiger partial charge in [-0.3, -0.25) is 4.79 Å². The molecule has 27 heavy (non-hydrogen) atoms. The van der Waals surface area contributed by atoms with Crippen LogP contribution in [0, 0.1) is 6.92 Å². The minimum Gasteiger partial charge on any atom is -0.487 e. The Morgan fingerprint density at radius 1 is 1.33 bits per heavy atom. The number of rotatable bonds is 5. The number of amides is 1. The number of benzene rings is 2. The zero-order valence-electron chi connectivity index (χ0n) is 16.2. The van der Waals surface area contributed by atoms with Gasteiger partial charge in [0.2, 0.25) is 0 Å². The van der Waals surface area contributed by atoms with E-state index in [2.05, 4.69) is 5.32 Å². The van der Waals surface area contributed by atoms with Crippen molar-refractivity contribution in [1.82, 2.24) is 5.32 Å². The van der Waals surface area contributed by atoms with Crippen molar-refractivity contribution in [2.75, 3.05) is 0 Å². The number of hydrogen-bond donors (Lipinski definition) is 1. The van der Waals surface area contributed by atoms with Crippen LogP contribution in [0.2, 0.25) is 5.02 Å². The predicted molar refractivity (Wildman–Crippen MR) is 108 cm³/mol. The van der Waals surface area contributed by atoms with E-state index >= 15 is 0 Å². The van der Waals surface area contributed by atoms with Gasteiger partial charge in [0.15, 0.2) is 6.10 Å². The highest BCUT2D eigenvalue weighted by atomic mass is 35.5. The summed E-state index contributed by atoms with van der Waals surface area (Å²) in [5.41, 5.74) is 1.58. The molecule has 3 rings (SSSR count). The lowest BCUT2D eigenvalue weighted by Gasteiger charge is -2.38. The molecule has 2 aromatic rings. The average Bonchev–Trinajstić information content (AvgIpc) is 2.61. The molecule has 1 aliphatic rings. The number of hydrogen-bond acceptors (Lipinski definition) is 3. The molecule has 1 amide bonds. The van der Waals surface area contributed by atoms with Gasteiger partial charge in [0, 0.05) is 17.0 Å². The largest absolute Gasteiger partial charge is 0.487 e. The summed E-state index contributed by atoms with van der Waals surface area (Å²) in [6.45, 7) is 7.92. The van der Waals surface area contributed by atoms with Gasteiger partial charge in [-0.1, -0.05) is 36.7 Å². The summed E-state index contributed by atoms with van der Waals surface area (Å²) in [6, 6.07) is 13.2. The molecular weight excluding hydrogens is 362 g/mol. The minimum absolute atomic E-state index is 0.109. The number of nitrogens with one attached hydrogen (secondary N) is 1. The first-order chi connectivity index (χ1) is 12.8. The fraction of sp³-hybridized carbons (Fsp3) is 0.409. The van der Waals surface area contributed by atoms with Crippen LogP contribution in [0.1, 0.15) is 50.8 Å². The number of carbonyl (C=O) groups excluding carboxylic acids is 1. The quantitative estimate of drug-likeness (QED) is 0.764. The highest BCUT2D eigenvalue weighted by Crippen LogP contribution is 2.39. The van der Waals surface area contributed by atoms with E-state index in [9.17, 15) is 4.79 Å². The van der Waals surface area contributed by atoms with Gasteiger partial charge < -0.3 is 14.8 Å². The molecule has 0 bridgehead atoms. The first-order valence-electron chi connectivity index (χ1n) is 9.30. The molecule has 1 N–H and O–H groups in total. The summed E-state index contributed by atoms with van der Waals surface area (Å²) >= 11 is 6.07. The van der Waals surface area contributed by atoms with Gasteiger partial charge >= 0.3 is 0 Å². The fourth-order valence-electron chi connectivity index (χ4n) is 3.37. The van der Waals surface area contributed by atoms with Gasteiger partial charge in [0.25, 0.3) is 5.91 Å². The molecule has 5 heteroatoms. The van der Waals surface area contributed by atoms with E-state index in [4.69, 9.17) is 21.1 Å². The minimum atomic E-state index is -0.566. The number of carbonyl (C=O) groups is 1. The summed E-state index contributed by atoms with van der Waals surface area (Å²) in [5, 5.41) is 3.84. The zero-order chi connectivity index (χ0) is 19.6. The maximum Gasteiger partial charge on any atom is 0.261 e. The Morgan fingerprint density at radius 3 is 2.78 bits per heavy atom. The second-order valence-electron chi connectivity index (χ2n) is 7.59. The molecule has 0 saturated heterocycles. The summed E-state index contributed by atoms with van der Waals surface area (Å²) in [6.07, 6.45) is 0.706. The van der Waals surface area contributed by atoms with E-state index in [1.54, 1.807) is 12.1 Å². The van der Waals surface area contributed by atoms with Gasteiger partial charge in [-0.05, 0) is 57.0 Å². The van der Waals surface area contributed by atoms with Crippen LogP contribution in [-0.2, 0) is 4.79 Å². The predicted octanol–water partition coefficient (Wildman–Crippen LogP) is 5.22. The van der Waals surface area contributed by atoms with Crippen LogP contribution in [0.3, 0.4) is 0 Å². The van der Waals surface area contributed by atoms with E-state index in [1.165, 1.54) is 0 Å². The Bertz CT molecular complexity index is 834. The Balaban J connectivity index is 1.75. The molecule has 2 unspecified atom stereocenters. The molecular formula is C22H26ClNO3. The van der Waals surface area contributed by atoms with Crippen molar-refractivity contribution >= 4 is 17.5 Å². The van der Waals surface area contributed by atoms with Crippen molar-refractivity contribution in [1.29, 1.82) is 0 Å². The van der Waals surface area contributed by atoms with Crippen LogP contribution < -0.4 is 14.8 Å². The molecule has 0 saturated carbocycles. The first-order valence-corrected chi connectivity index (χ1v) is 9.68. The van der Waals surface area contributed by atoms with Crippen LogP contribution >= 0.6 is 11.6 Å². The van der Waals surface area contributed by atoms with E-state index in [0.29, 0.717) is 23.6 Å². The molecule has 0 fully saturated rings. The van der Waals surface area contributed by atoms with E-state index in [1.807, 2.05) is 58.0 Å². The Kier molecular flexibility index (Phi) is 5.66. The number of aryl methyl sites for hydroxylation is 1. The molecule has 1 heterocycles. The summed E-state index contributed by atoms with van der Waals surface area (Å²) in [4.78, 5) is 12.9. The molecule has 144 valence electrons. The van der Waals surface area contributed by atoms with Crippen LogP contribution in [0.25, 0.3) is 0 Å². The van der Waals surface area contributed by atoms with Gasteiger partial charge in [0.05, 0.1) is 6.04 Å². The van der Waals surface area contributed by atoms with Gasteiger partial charge in [-0.15, -0.1) is 0 Å². The summed E-state index contributed by atoms with van der Waals surface area (Å²) in [5.74, 6) is 1.34.